The molecule has 9 N–H and O–H groups in total. The van der Waals surface area contributed by atoms with Crippen LogP contribution in [0.15, 0.2) is 0 Å². The molecule has 0 bridgehead atoms. The van der Waals surface area contributed by atoms with Crippen molar-refractivity contribution in [2.45, 2.75) is 37.6 Å². The van der Waals surface area contributed by atoms with E-state index in [9.17, 15) is 29.7 Å². The lowest BCUT2D eigenvalue weighted by molar-refractivity contribution is -0.159. The Morgan fingerprint density at radius 3 is 1.03 bits per heavy atom. The van der Waals surface area contributed by atoms with Gasteiger partial charge in [-0.15, -0.1) is 0 Å². The first-order valence-corrected chi connectivity index (χ1v) is 13.4. The molecule has 15 heteroatoms. The van der Waals surface area contributed by atoms with E-state index in [1.807, 2.05) is 14.7 Å². The summed E-state index contributed by atoms with van der Waals surface area (Å²) in [6.07, 6.45) is -1.61. The number of nitrogens with two attached hydrogens (primary N) is 3. The molecule has 3 amide bonds. The van der Waals surface area contributed by atoms with Gasteiger partial charge in [0, 0.05) is 78.2 Å². The van der Waals surface area contributed by atoms with Crippen LogP contribution in [0, 0.1) is 0 Å². The van der Waals surface area contributed by atoms with Crippen LogP contribution in [0.1, 0.15) is 19.3 Å². The molecule has 0 saturated carbocycles. The van der Waals surface area contributed by atoms with E-state index in [1.165, 1.54) is 14.7 Å². The lowest BCUT2D eigenvalue weighted by Gasteiger charge is -2.42. The normalized spacial score (nSPS) is 16.8. The van der Waals surface area contributed by atoms with Gasteiger partial charge in [0.1, 0.15) is 0 Å². The van der Waals surface area contributed by atoms with Crippen molar-refractivity contribution in [3.05, 3.63) is 0 Å². The van der Waals surface area contributed by atoms with E-state index in [0.717, 1.165) is 0 Å². The zero-order chi connectivity index (χ0) is 29.5. The van der Waals surface area contributed by atoms with E-state index in [1.54, 1.807) is 21.1 Å². The molecule has 0 aromatic heterocycles. The number of rotatable bonds is 18. The van der Waals surface area contributed by atoms with Gasteiger partial charge in [-0.2, -0.15) is 0 Å². The maximum atomic E-state index is 13.1. The van der Waals surface area contributed by atoms with Crippen molar-refractivity contribution in [2.75, 3.05) is 100 Å². The zero-order valence-corrected chi connectivity index (χ0v) is 23.8. The maximum Gasteiger partial charge on any atom is 0.226 e. The smallest absolute Gasteiger partial charge is 0.226 e. The van der Waals surface area contributed by atoms with Gasteiger partial charge in [0.05, 0.1) is 38.3 Å². The SMILES string of the molecule is CN(CCC(=O)N1CN(C(=O)CCN(C)CC(O)CN)CN(C(=O)CCN(C)CC(O)CN)C1)CC(O)CN. The van der Waals surface area contributed by atoms with Gasteiger partial charge >= 0.3 is 0 Å². The second kappa shape index (κ2) is 18.4. The summed E-state index contributed by atoms with van der Waals surface area (Å²) in [7, 11) is 5.35. The van der Waals surface area contributed by atoms with E-state index in [2.05, 4.69) is 0 Å². The molecule has 0 aromatic carbocycles. The Balaban J connectivity index is 2.83. The van der Waals surface area contributed by atoms with E-state index >= 15 is 0 Å². The first kappa shape index (κ1) is 35.1. The van der Waals surface area contributed by atoms with E-state index < -0.39 is 18.3 Å². The van der Waals surface area contributed by atoms with Gasteiger partial charge < -0.3 is 61.9 Å². The number of aliphatic hydroxyl groups is 3. The van der Waals surface area contributed by atoms with Gasteiger partial charge in [0.2, 0.25) is 17.7 Å². The van der Waals surface area contributed by atoms with Crippen LogP contribution in [0.4, 0.5) is 0 Å². The number of carbonyl (C=O) groups is 3. The van der Waals surface area contributed by atoms with Crippen molar-refractivity contribution in [1.29, 1.82) is 0 Å². The van der Waals surface area contributed by atoms with Gasteiger partial charge in [-0.25, -0.2) is 0 Å². The highest BCUT2D eigenvalue weighted by molar-refractivity contribution is 5.82. The quantitative estimate of drug-likeness (QED) is 0.0932. The van der Waals surface area contributed by atoms with Crippen molar-refractivity contribution in [3.63, 3.8) is 0 Å². The minimum atomic E-state index is -0.686. The molecular weight excluding hydrogens is 510 g/mol. The summed E-state index contributed by atoms with van der Waals surface area (Å²) in [5.41, 5.74) is 16.4. The van der Waals surface area contributed by atoms with Crippen LogP contribution in [0.3, 0.4) is 0 Å². The third-order valence-corrected chi connectivity index (χ3v) is 6.59. The standard InChI is InChI=1S/C24H51N9O6/c1-28(13-19(34)10-25)7-4-22(37)31-16-32(23(38)5-8-29(2)14-20(35)11-26)18-33(17-31)24(39)6-9-30(3)15-21(36)12-27/h19-21,34-36H,4-18,25-27H2,1-3H3. The highest BCUT2D eigenvalue weighted by Crippen LogP contribution is 2.13. The van der Waals surface area contributed by atoms with Crippen LogP contribution < -0.4 is 17.2 Å². The lowest BCUT2D eigenvalue weighted by atomic mass is 10.2. The molecule has 0 aromatic rings. The summed E-state index contributed by atoms with van der Waals surface area (Å²) in [6.45, 7) is 2.71. The van der Waals surface area contributed by atoms with Crippen LogP contribution in [-0.2, 0) is 14.4 Å². The third kappa shape index (κ3) is 13.8. The van der Waals surface area contributed by atoms with Crippen molar-refractivity contribution in [1.82, 2.24) is 29.4 Å². The molecule has 3 unspecified atom stereocenters. The molecule has 0 spiro atoms. The van der Waals surface area contributed by atoms with Crippen molar-refractivity contribution < 1.29 is 29.7 Å². The second-order valence-electron chi connectivity index (χ2n) is 10.4. The first-order valence-electron chi connectivity index (χ1n) is 13.4. The Morgan fingerprint density at radius 1 is 0.590 bits per heavy atom. The molecule has 1 saturated heterocycles. The fourth-order valence-electron chi connectivity index (χ4n) is 4.14. The molecule has 1 aliphatic rings. The van der Waals surface area contributed by atoms with Crippen LogP contribution in [0.2, 0.25) is 0 Å². The monoisotopic (exact) mass is 561 g/mol. The molecule has 39 heavy (non-hydrogen) atoms. The van der Waals surface area contributed by atoms with E-state index in [-0.39, 0.29) is 76.6 Å². The number of carbonyl (C=O) groups excluding carboxylic acids is 3. The second-order valence-corrected chi connectivity index (χ2v) is 10.4. The van der Waals surface area contributed by atoms with Gasteiger partial charge in [0.25, 0.3) is 0 Å². The number of nitrogens with zero attached hydrogens (tertiary/aromatic N) is 6. The van der Waals surface area contributed by atoms with Crippen LogP contribution in [0.5, 0.6) is 0 Å². The predicted octanol–water partition coefficient (Wildman–Crippen LogP) is -4.72. The van der Waals surface area contributed by atoms with Crippen molar-refractivity contribution in [2.24, 2.45) is 17.2 Å². The van der Waals surface area contributed by atoms with Crippen LogP contribution in [0.25, 0.3) is 0 Å². The lowest BCUT2D eigenvalue weighted by Crippen LogP contribution is -2.60. The molecule has 3 atom stereocenters. The largest absolute Gasteiger partial charge is 0.390 e. The Labute approximate surface area is 232 Å². The third-order valence-electron chi connectivity index (χ3n) is 6.59. The summed E-state index contributed by atoms with van der Waals surface area (Å²) in [5, 5.41) is 29.2. The van der Waals surface area contributed by atoms with Crippen LogP contribution >= 0.6 is 0 Å². The summed E-state index contributed by atoms with van der Waals surface area (Å²) >= 11 is 0. The maximum absolute atomic E-state index is 13.1. The highest BCUT2D eigenvalue weighted by Gasteiger charge is 2.32. The Bertz CT molecular complexity index is 648. The highest BCUT2D eigenvalue weighted by atomic mass is 16.3. The number of amides is 3. The van der Waals surface area contributed by atoms with E-state index in [0.29, 0.717) is 39.3 Å². The molecule has 1 rings (SSSR count). The molecule has 1 fully saturated rings. The van der Waals surface area contributed by atoms with Gasteiger partial charge in [0.15, 0.2) is 0 Å². The number of hydrogen-bond acceptors (Lipinski definition) is 12. The molecule has 0 radical (unpaired) electrons. The van der Waals surface area contributed by atoms with E-state index in [4.69, 9.17) is 17.2 Å². The number of hydrogen-bond donors (Lipinski definition) is 6. The average molecular weight is 562 g/mol. The topological polar surface area (TPSA) is 209 Å². The molecule has 0 aliphatic carbocycles. The van der Waals surface area contributed by atoms with Crippen molar-refractivity contribution >= 4 is 17.7 Å². The summed E-state index contributed by atoms with van der Waals surface area (Å²) in [5.74, 6) is -0.651. The summed E-state index contributed by atoms with van der Waals surface area (Å²) < 4.78 is 0. The molecule has 1 heterocycles. The Kier molecular flexibility index (Phi) is 16.6. The fourth-order valence-corrected chi connectivity index (χ4v) is 4.14. The zero-order valence-electron chi connectivity index (χ0n) is 23.8. The van der Waals surface area contributed by atoms with Crippen LogP contribution in [-0.4, -0.2) is 181 Å². The average Bonchev–Trinajstić information content (AvgIpc) is 2.92. The molecular formula is C24H51N9O6. The summed E-state index contributed by atoms with van der Waals surface area (Å²) in [4.78, 5) is 49.1. The molecule has 1 aliphatic heterocycles. The predicted molar refractivity (Wildman–Crippen MR) is 147 cm³/mol. The van der Waals surface area contributed by atoms with Gasteiger partial charge in [-0.1, -0.05) is 0 Å². The van der Waals surface area contributed by atoms with Crippen molar-refractivity contribution in [3.8, 4) is 0 Å². The first-order chi connectivity index (χ1) is 18.4. The Morgan fingerprint density at radius 2 is 0.821 bits per heavy atom. The van der Waals surface area contributed by atoms with Gasteiger partial charge in [-0.3, -0.25) is 14.4 Å². The van der Waals surface area contributed by atoms with Gasteiger partial charge in [-0.05, 0) is 21.1 Å². The number of aliphatic hydroxyl groups excluding tert-OH is 3. The number of likely N-dealkylation sites (N-methyl/N-ethyl adjacent to an activating group) is 3. The fraction of sp³-hybridized carbons (Fsp3) is 0.875. The minimum absolute atomic E-state index is 0.0638. The molecule has 228 valence electrons. The summed E-state index contributed by atoms with van der Waals surface area (Å²) in [6, 6.07) is 0. The molecule has 15 nitrogen and oxygen atoms in total. The minimum Gasteiger partial charge on any atom is -0.390 e. The Hall–Kier alpha value is -1.95.